The molecule has 0 amide bonds. The molecule has 0 aliphatic carbocycles. The number of hydrogen-bond acceptors (Lipinski definition) is 3. The van der Waals surface area contributed by atoms with Gasteiger partial charge in [-0.2, -0.15) is 5.26 Å². The number of hydrogen-bond donors (Lipinski definition) is 1. The van der Waals surface area contributed by atoms with Crippen LogP contribution in [0.4, 0.5) is 0 Å². The standard InChI is InChI=1S/C22H26N2O/c1-16(2)24(17(3)4)13-12-20(19-8-6-5-7-9-19)21-14-18(15-23)10-11-22(21)25/h5-12,14,16-17,25H,13H2,1-4H3. The van der Waals surface area contributed by atoms with E-state index < -0.39 is 0 Å². The largest absolute Gasteiger partial charge is 0.507 e. The average Bonchev–Trinajstić information content (AvgIpc) is 2.59. The molecule has 1 N–H and O–H groups in total. The zero-order chi connectivity index (χ0) is 18.4. The van der Waals surface area contributed by atoms with Crippen LogP contribution in [0, 0.1) is 11.3 Å². The van der Waals surface area contributed by atoms with Crippen molar-refractivity contribution in [2.24, 2.45) is 0 Å². The van der Waals surface area contributed by atoms with Crippen LogP contribution >= 0.6 is 0 Å². The van der Waals surface area contributed by atoms with Crippen molar-refractivity contribution >= 4 is 5.57 Å². The van der Waals surface area contributed by atoms with Gasteiger partial charge >= 0.3 is 0 Å². The lowest BCUT2D eigenvalue weighted by molar-refractivity contribution is 0.196. The fraction of sp³-hybridized carbons (Fsp3) is 0.318. The van der Waals surface area contributed by atoms with Gasteiger partial charge in [0.2, 0.25) is 0 Å². The van der Waals surface area contributed by atoms with Crippen molar-refractivity contribution in [2.75, 3.05) is 6.54 Å². The maximum atomic E-state index is 10.4. The predicted octanol–water partition coefficient (Wildman–Crippen LogP) is 4.81. The summed E-state index contributed by atoms with van der Waals surface area (Å²) in [5.41, 5.74) is 3.21. The Hall–Kier alpha value is -2.57. The first kappa shape index (κ1) is 18.8. The summed E-state index contributed by atoms with van der Waals surface area (Å²) in [4.78, 5) is 2.38. The van der Waals surface area contributed by atoms with E-state index in [0.717, 1.165) is 17.7 Å². The average molecular weight is 334 g/mol. The maximum absolute atomic E-state index is 10.4. The summed E-state index contributed by atoms with van der Waals surface area (Å²) < 4.78 is 0. The van der Waals surface area contributed by atoms with Crippen molar-refractivity contribution in [3.05, 3.63) is 71.3 Å². The molecule has 0 saturated carbocycles. The van der Waals surface area contributed by atoms with Crippen LogP contribution in [0.2, 0.25) is 0 Å². The Morgan fingerprint density at radius 2 is 1.72 bits per heavy atom. The Morgan fingerprint density at radius 1 is 1.08 bits per heavy atom. The van der Waals surface area contributed by atoms with Crippen LogP contribution in [0.25, 0.3) is 5.57 Å². The van der Waals surface area contributed by atoms with E-state index in [4.69, 9.17) is 0 Å². The minimum Gasteiger partial charge on any atom is -0.507 e. The summed E-state index contributed by atoms with van der Waals surface area (Å²) in [7, 11) is 0. The Kier molecular flexibility index (Phi) is 6.38. The van der Waals surface area contributed by atoms with Gasteiger partial charge in [0.25, 0.3) is 0 Å². The molecule has 0 aliphatic heterocycles. The van der Waals surface area contributed by atoms with Gasteiger partial charge in [-0.1, -0.05) is 36.4 Å². The number of benzene rings is 2. The molecule has 0 aromatic heterocycles. The minimum absolute atomic E-state index is 0.190. The highest BCUT2D eigenvalue weighted by molar-refractivity contribution is 5.83. The van der Waals surface area contributed by atoms with Crippen molar-refractivity contribution in [1.82, 2.24) is 4.90 Å². The second kappa shape index (κ2) is 8.50. The lowest BCUT2D eigenvalue weighted by Crippen LogP contribution is -2.37. The molecular formula is C22H26N2O. The number of phenolic OH excluding ortho intramolecular Hbond substituents is 1. The number of phenols is 1. The molecule has 2 aromatic rings. The summed E-state index contributed by atoms with van der Waals surface area (Å²) in [6.45, 7) is 9.51. The van der Waals surface area contributed by atoms with E-state index in [1.54, 1.807) is 18.2 Å². The molecule has 2 aromatic carbocycles. The topological polar surface area (TPSA) is 47.3 Å². The lowest BCUT2D eigenvalue weighted by Gasteiger charge is -2.29. The number of rotatable bonds is 6. The van der Waals surface area contributed by atoms with Crippen LogP contribution < -0.4 is 0 Å². The van der Waals surface area contributed by atoms with Crippen LogP contribution in [0.1, 0.15) is 44.4 Å². The van der Waals surface area contributed by atoms with Crippen LogP contribution in [0.15, 0.2) is 54.6 Å². The second-order valence-corrected chi connectivity index (χ2v) is 6.71. The quantitative estimate of drug-likeness (QED) is 0.824. The Labute approximate surface area is 150 Å². The van der Waals surface area contributed by atoms with Crippen molar-refractivity contribution in [3.8, 4) is 11.8 Å². The summed E-state index contributed by atoms with van der Waals surface area (Å²) >= 11 is 0. The second-order valence-electron chi connectivity index (χ2n) is 6.71. The highest BCUT2D eigenvalue weighted by atomic mass is 16.3. The molecule has 3 nitrogen and oxygen atoms in total. The molecule has 0 radical (unpaired) electrons. The Bertz CT molecular complexity index is 762. The number of aromatic hydroxyl groups is 1. The van der Waals surface area contributed by atoms with E-state index in [0.29, 0.717) is 23.2 Å². The van der Waals surface area contributed by atoms with Crippen molar-refractivity contribution in [2.45, 2.75) is 39.8 Å². The fourth-order valence-electron chi connectivity index (χ4n) is 3.04. The van der Waals surface area contributed by atoms with Crippen LogP contribution in [0.3, 0.4) is 0 Å². The Balaban J connectivity index is 2.52. The Morgan fingerprint density at radius 3 is 2.28 bits per heavy atom. The molecule has 130 valence electrons. The smallest absolute Gasteiger partial charge is 0.123 e. The molecule has 0 saturated heterocycles. The van der Waals surface area contributed by atoms with Crippen LogP contribution in [-0.4, -0.2) is 28.6 Å². The summed E-state index contributed by atoms with van der Waals surface area (Å²) in [5, 5.41) is 19.6. The highest BCUT2D eigenvalue weighted by Gasteiger charge is 2.15. The molecule has 2 rings (SSSR count). The van der Waals surface area contributed by atoms with E-state index in [1.165, 1.54) is 0 Å². The molecule has 0 heterocycles. The van der Waals surface area contributed by atoms with Crippen molar-refractivity contribution < 1.29 is 5.11 Å². The molecule has 0 aliphatic rings. The van der Waals surface area contributed by atoms with Gasteiger partial charge < -0.3 is 5.11 Å². The van der Waals surface area contributed by atoms with Crippen LogP contribution in [0.5, 0.6) is 5.75 Å². The predicted molar refractivity (Wildman–Crippen MR) is 103 cm³/mol. The van der Waals surface area contributed by atoms with E-state index in [2.05, 4.69) is 44.7 Å². The van der Waals surface area contributed by atoms with Crippen molar-refractivity contribution in [1.29, 1.82) is 5.26 Å². The summed E-state index contributed by atoms with van der Waals surface area (Å²) in [6, 6.07) is 18.0. The first-order chi connectivity index (χ1) is 11.9. The molecule has 0 spiro atoms. The molecule has 25 heavy (non-hydrogen) atoms. The first-order valence-electron chi connectivity index (χ1n) is 8.68. The van der Waals surface area contributed by atoms with Crippen molar-refractivity contribution in [3.63, 3.8) is 0 Å². The normalized spacial score (nSPS) is 12.0. The van der Waals surface area contributed by atoms with E-state index in [-0.39, 0.29) is 5.75 Å². The first-order valence-corrected chi connectivity index (χ1v) is 8.68. The highest BCUT2D eigenvalue weighted by Crippen LogP contribution is 2.31. The molecule has 3 heteroatoms. The zero-order valence-electron chi connectivity index (χ0n) is 15.4. The van der Waals surface area contributed by atoms with Gasteiger partial charge in [0.05, 0.1) is 11.6 Å². The van der Waals surface area contributed by atoms with Gasteiger partial charge in [-0.25, -0.2) is 0 Å². The van der Waals surface area contributed by atoms with E-state index in [9.17, 15) is 10.4 Å². The van der Waals surface area contributed by atoms with E-state index in [1.807, 2.05) is 30.3 Å². The van der Waals surface area contributed by atoms with Gasteiger partial charge in [0, 0.05) is 24.2 Å². The minimum atomic E-state index is 0.190. The van der Waals surface area contributed by atoms with Crippen LogP contribution in [-0.2, 0) is 0 Å². The zero-order valence-corrected chi connectivity index (χ0v) is 15.4. The third-order valence-electron chi connectivity index (χ3n) is 4.33. The molecule has 0 unspecified atom stereocenters. The third kappa shape index (κ3) is 4.71. The maximum Gasteiger partial charge on any atom is 0.123 e. The summed E-state index contributed by atoms with van der Waals surface area (Å²) in [6.07, 6.45) is 2.14. The van der Waals surface area contributed by atoms with E-state index >= 15 is 0 Å². The molecule has 0 bridgehead atoms. The van der Waals surface area contributed by atoms with Gasteiger partial charge in [-0.15, -0.1) is 0 Å². The SMILES string of the molecule is CC(C)N(CC=C(c1ccccc1)c1cc(C#N)ccc1O)C(C)C. The van der Waals surface area contributed by atoms with Gasteiger partial charge in [0.1, 0.15) is 5.75 Å². The molecular weight excluding hydrogens is 308 g/mol. The molecule has 0 fully saturated rings. The summed E-state index contributed by atoms with van der Waals surface area (Å²) in [5.74, 6) is 0.190. The third-order valence-corrected chi connectivity index (χ3v) is 4.33. The van der Waals surface area contributed by atoms with Gasteiger partial charge in [-0.05, 0) is 57.0 Å². The fourth-order valence-corrected chi connectivity index (χ4v) is 3.04. The molecule has 0 atom stereocenters. The monoisotopic (exact) mass is 334 g/mol. The van der Waals surface area contributed by atoms with Gasteiger partial charge in [0.15, 0.2) is 0 Å². The lowest BCUT2D eigenvalue weighted by atomic mass is 9.95. The number of nitrogens with zero attached hydrogens (tertiary/aromatic N) is 2. The number of nitriles is 1. The van der Waals surface area contributed by atoms with Gasteiger partial charge in [-0.3, -0.25) is 4.90 Å².